The third kappa shape index (κ3) is 6.65. The highest BCUT2D eigenvalue weighted by Crippen LogP contribution is 2.23. The molecule has 0 fully saturated rings. The third-order valence-electron chi connectivity index (χ3n) is 4.17. The maximum absolute atomic E-state index is 12.3. The Kier molecular flexibility index (Phi) is 8.42. The topological polar surface area (TPSA) is 59.8 Å². The fourth-order valence-corrected chi connectivity index (χ4v) is 4.57. The van der Waals surface area contributed by atoms with E-state index in [0.29, 0.717) is 22.4 Å². The highest BCUT2D eigenvalue weighted by atomic mass is 35.5. The zero-order valence-corrected chi connectivity index (χ0v) is 19.1. The number of allylic oxidation sites excluding steroid dienone is 1. The molecule has 2 aromatic carbocycles. The summed E-state index contributed by atoms with van der Waals surface area (Å²) in [5.41, 5.74) is 3.22. The molecule has 0 bridgehead atoms. The van der Waals surface area contributed by atoms with Gasteiger partial charge in [-0.25, -0.2) is 0 Å². The van der Waals surface area contributed by atoms with Crippen molar-refractivity contribution >= 4 is 46.7 Å². The summed E-state index contributed by atoms with van der Waals surface area (Å²) in [6.45, 7) is 6.52. The molecule has 0 aliphatic heterocycles. The van der Waals surface area contributed by atoms with Crippen LogP contribution in [0.3, 0.4) is 0 Å². The Labute approximate surface area is 190 Å². The van der Waals surface area contributed by atoms with Crippen molar-refractivity contribution < 1.29 is 4.79 Å². The highest BCUT2D eigenvalue weighted by molar-refractivity contribution is 7.99. The summed E-state index contributed by atoms with van der Waals surface area (Å²) >= 11 is 9.10. The van der Waals surface area contributed by atoms with Crippen LogP contribution in [0, 0.1) is 6.92 Å². The zero-order chi connectivity index (χ0) is 21.3. The van der Waals surface area contributed by atoms with E-state index in [1.165, 1.54) is 22.9 Å². The number of hydrogen-bond donors (Lipinski definition) is 1. The molecule has 0 radical (unpaired) electrons. The maximum atomic E-state index is 12.3. The van der Waals surface area contributed by atoms with E-state index < -0.39 is 0 Å². The summed E-state index contributed by atoms with van der Waals surface area (Å²) in [6.07, 6.45) is 1.81. The Morgan fingerprint density at radius 2 is 2.00 bits per heavy atom. The van der Waals surface area contributed by atoms with E-state index in [0.717, 1.165) is 17.3 Å². The maximum Gasteiger partial charge on any atom is 0.234 e. The Balaban J connectivity index is 1.55. The summed E-state index contributed by atoms with van der Waals surface area (Å²) in [7, 11) is 0. The number of nitrogens with zero attached hydrogens (tertiary/aromatic N) is 3. The third-order valence-corrected chi connectivity index (χ3v) is 6.37. The van der Waals surface area contributed by atoms with Gasteiger partial charge in [0.2, 0.25) is 5.91 Å². The van der Waals surface area contributed by atoms with Gasteiger partial charge in [0.1, 0.15) is 5.82 Å². The normalized spacial score (nSPS) is 10.7. The summed E-state index contributed by atoms with van der Waals surface area (Å²) in [6, 6.07) is 15.6. The molecule has 0 aliphatic carbocycles. The van der Waals surface area contributed by atoms with Crippen molar-refractivity contribution in [3.8, 4) is 0 Å². The largest absolute Gasteiger partial charge is 0.325 e. The minimum Gasteiger partial charge on any atom is -0.325 e. The van der Waals surface area contributed by atoms with Crippen LogP contribution in [0.4, 0.5) is 5.69 Å². The number of nitrogens with one attached hydrogen (secondary N) is 1. The van der Waals surface area contributed by atoms with E-state index in [4.69, 9.17) is 11.6 Å². The quantitative estimate of drug-likeness (QED) is 0.317. The molecule has 5 nitrogen and oxygen atoms in total. The number of carbonyl (C=O) groups excluding carboxylic acids is 1. The molecule has 8 heteroatoms. The van der Waals surface area contributed by atoms with Crippen molar-refractivity contribution in [2.24, 2.45) is 0 Å². The molecule has 0 saturated carbocycles. The fraction of sp³-hybridized carbons (Fsp3) is 0.227. The lowest BCUT2D eigenvalue weighted by Gasteiger charge is -2.08. The lowest BCUT2D eigenvalue weighted by Crippen LogP contribution is -2.14. The molecule has 1 aromatic heterocycles. The number of amides is 1. The standard InChI is InChI=1S/C22H23ClN4OS2/c1-3-11-27-20(14-29-13-17-9-7-16(2)8-10-17)25-26-22(27)30-15-21(28)24-19-6-4-5-18(23)12-19/h3-10,12H,1,11,13-15H2,2H3,(H,24,28). The zero-order valence-electron chi connectivity index (χ0n) is 16.7. The SMILES string of the molecule is C=CCn1c(CSCc2ccc(C)cc2)nnc1SCC(=O)Nc1cccc(Cl)c1. The van der Waals surface area contributed by atoms with Crippen LogP contribution in [0.1, 0.15) is 17.0 Å². The number of benzene rings is 2. The summed E-state index contributed by atoms with van der Waals surface area (Å²) in [5.74, 6) is 2.64. The molecule has 0 saturated heterocycles. The second-order valence-electron chi connectivity index (χ2n) is 6.62. The Morgan fingerprint density at radius 3 is 2.73 bits per heavy atom. The van der Waals surface area contributed by atoms with Gasteiger partial charge in [0.25, 0.3) is 0 Å². The van der Waals surface area contributed by atoms with Crippen molar-refractivity contribution in [2.75, 3.05) is 11.1 Å². The van der Waals surface area contributed by atoms with Crippen LogP contribution in [0.25, 0.3) is 0 Å². The molecule has 1 amide bonds. The van der Waals surface area contributed by atoms with Crippen LogP contribution in [0.2, 0.25) is 5.02 Å². The molecular formula is C22H23ClN4OS2. The number of thioether (sulfide) groups is 2. The average Bonchev–Trinajstić information content (AvgIpc) is 3.10. The number of carbonyl (C=O) groups is 1. The van der Waals surface area contributed by atoms with Crippen LogP contribution in [0.15, 0.2) is 66.3 Å². The van der Waals surface area contributed by atoms with Gasteiger partial charge in [0.05, 0.1) is 11.5 Å². The molecule has 0 atom stereocenters. The first-order valence-electron chi connectivity index (χ1n) is 9.39. The molecule has 0 aliphatic rings. The number of rotatable bonds is 10. The van der Waals surface area contributed by atoms with Gasteiger partial charge < -0.3 is 9.88 Å². The van der Waals surface area contributed by atoms with Crippen LogP contribution in [-0.2, 0) is 22.8 Å². The summed E-state index contributed by atoms with van der Waals surface area (Å²) < 4.78 is 2.01. The lowest BCUT2D eigenvalue weighted by atomic mass is 10.2. The minimum absolute atomic E-state index is 0.120. The Bertz CT molecular complexity index is 1000. The van der Waals surface area contributed by atoms with E-state index in [2.05, 4.69) is 53.3 Å². The number of halogens is 1. The average molecular weight is 459 g/mol. The van der Waals surface area contributed by atoms with Crippen LogP contribution < -0.4 is 5.32 Å². The second-order valence-corrected chi connectivity index (χ2v) is 8.99. The van der Waals surface area contributed by atoms with Gasteiger partial charge in [0.15, 0.2) is 5.16 Å². The number of anilines is 1. The molecule has 1 N–H and O–H groups in total. The van der Waals surface area contributed by atoms with Gasteiger partial charge in [-0.2, -0.15) is 0 Å². The smallest absolute Gasteiger partial charge is 0.234 e. The van der Waals surface area contributed by atoms with E-state index >= 15 is 0 Å². The number of aromatic nitrogens is 3. The van der Waals surface area contributed by atoms with Gasteiger partial charge >= 0.3 is 0 Å². The molecule has 156 valence electrons. The first-order chi connectivity index (χ1) is 14.5. The first kappa shape index (κ1) is 22.5. The Hall–Kier alpha value is -2.22. The highest BCUT2D eigenvalue weighted by Gasteiger charge is 2.14. The second kappa shape index (κ2) is 11.2. The summed E-state index contributed by atoms with van der Waals surface area (Å²) in [5, 5.41) is 12.7. The number of aryl methyl sites for hydroxylation is 1. The fourth-order valence-electron chi connectivity index (χ4n) is 2.68. The van der Waals surface area contributed by atoms with Gasteiger partial charge in [0, 0.05) is 23.0 Å². The lowest BCUT2D eigenvalue weighted by molar-refractivity contribution is -0.113. The minimum atomic E-state index is -0.120. The van der Waals surface area contributed by atoms with Gasteiger partial charge in [-0.3, -0.25) is 4.79 Å². The van der Waals surface area contributed by atoms with Crippen LogP contribution >= 0.6 is 35.1 Å². The Morgan fingerprint density at radius 1 is 1.20 bits per heavy atom. The van der Waals surface area contributed by atoms with Crippen LogP contribution in [0.5, 0.6) is 0 Å². The van der Waals surface area contributed by atoms with Gasteiger partial charge in [-0.15, -0.1) is 28.5 Å². The predicted octanol–water partition coefficient (Wildman–Crippen LogP) is 5.59. The number of hydrogen-bond acceptors (Lipinski definition) is 5. The van der Waals surface area contributed by atoms with Crippen molar-refractivity contribution in [1.82, 2.24) is 14.8 Å². The molecule has 0 unspecified atom stereocenters. The van der Waals surface area contributed by atoms with Crippen LogP contribution in [-0.4, -0.2) is 26.4 Å². The van der Waals surface area contributed by atoms with E-state index in [9.17, 15) is 4.79 Å². The monoisotopic (exact) mass is 458 g/mol. The van der Waals surface area contributed by atoms with Crippen molar-refractivity contribution in [1.29, 1.82) is 0 Å². The van der Waals surface area contributed by atoms with E-state index in [1.807, 2.05) is 10.6 Å². The molecule has 3 rings (SSSR count). The summed E-state index contributed by atoms with van der Waals surface area (Å²) in [4.78, 5) is 12.3. The van der Waals surface area contributed by atoms with E-state index in [1.54, 1.807) is 36.0 Å². The molecule has 0 spiro atoms. The molecule has 1 heterocycles. The van der Waals surface area contributed by atoms with E-state index in [-0.39, 0.29) is 11.7 Å². The molecule has 3 aromatic rings. The van der Waals surface area contributed by atoms with Crippen molar-refractivity contribution in [2.45, 2.75) is 30.1 Å². The van der Waals surface area contributed by atoms with Gasteiger partial charge in [-0.1, -0.05) is 65.3 Å². The van der Waals surface area contributed by atoms with Crippen molar-refractivity contribution in [3.05, 3.63) is 83.2 Å². The molecule has 30 heavy (non-hydrogen) atoms. The predicted molar refractivity (Wildman–Crippen MR) is 127 cm³/mol. The van der Waals surface area contributed by atoms with Crippen molar-refractivity contribution in [3.63, 3.8) is 0 Å². The first-order valence-corrected chi connectivity index (χ1v) is 11.9. The molecular weight excluding hydrogens is 436 g/mol. The van der Waals surface area contributed by atoms with Gasteiger partial charge in [-0.05, 0) is 30.7 Å².